The van der Waals surface area contributed by atoms with Crippen molar-refractivity contribution in [3.05, 3.63) is 55.8 Å². The highest BCUT2D eigenvalue weighted by atomic mass is 127. The van der Waals surface area contributed by atoms with Crippen molar-refractivity contribution in [1.82, 2.24) is 10.6 Å². The standard InChI is InChI=1S/C15H15IN2O2S/c16-13-6-2-1-5-12(13)15(20)18-10-14(19)17-8-7-11-4-3-9-21-11/h1-6,9H,7-8,10H2,(H,17,19)(H,18,20). The molecule has 0 radical (unpaired) electrons. The first-order valence-corrected chi connectivity index (χ1v) is 8.44. The number of hydrogen-bond acceptors (Lipinski definition) is 3. The van der Waals surface area contributed by atoms with Gasteiger partial charge in [-0.05, 0) is 52.6 Å². The van der Waals surface area contributed by atoms with Crippen LogP contribution < -0.4 is 10.6 Å². The largest absolute Gasteiger partial charge is 0.354 e. The van der Waals surface area contributed by atoms with Crippen LogP contribution in [-0.2, 0) is 11.2 Å². The second kappa shape index (κ2) is 8.14. The summed E-state index contributed by atoms with van der Waals surface area (Å²) in [4.78, 5) is 24.8. The summed E-state index contributed by atoms with van der Waals surface area (Å²) in [5, 5.41) is 7.44. The van der Waals surface area contributed by atoms with Gasteiger partial charge in [-0.25, -0.2) is 0 Å². The van der Waals surface area contributed by atoms with Crippen molar-refractivity contribution in [2.45, 2.75) is 6.42 Å². The van der Waals surface area contributed by atoms with Gasteiger partial charge >= 0.3 is 0 Å². The van der Waals surface area contributed by atoms with E-state index in [2.05, 4.69) is 33.2 Å². The van der Waals surface area contributed by atoms with E-state index in [1.165, 1.54) is 4.88 Å². The molecule has 2 N–H and O–H groups in total. The lowest BCUT2D eigenvalue weighted by atomic mass is 10.2. The number of rotatable bonds is 6. The van der Waals surface area contributed by atoms with Crippen molar-refractivity contribution in [1.29, 1.82) is 0 Å². The van der Waals surface area contributed by atoms with Gasteiger partial charge in [0.2, 0.25) is 5.91 Å². The van der Waals surface area contributed by atoms with E-state index in [0.29, 0.717) is 12.1 Å². The maximum Gasteiger partial charge on any atom is 0.252 e. The molecule has 1 heterocycles. The zero-order chi connectivity index (χ0) is 15.1. The number of carbonyl (C=O) groups is 2. The molecule has 2 rings (SSSR count). The van der Waals surface area contributed by atoms with E-state index in [1.807, 2.05) is 29.6 Å². The molecule has 0 aliphatic carbocycles. The van der Waals surface area contributed by atoms with Gasteiger partial charge < -0.3 is 10.6 Å². The molecule has 0 aliphatic heterocycles. The summed E-state index contributed by atoms with van der Waals surface area (Å²) in [7, 11) is 0. The van der Waals surface area contributed by atoms with Gasteiger partial charge in [-0.3, -0.25) is 9.59 Å². The Morgan fingerprint density at radius 2 is 1.90 bits per heavy atom. The minimum Gasteiger partial charge on any atom is -0.354 e. The number of nitrogens with one attached hydrogen (secondary N) is 2. The van der Waals surface area contributed by atoms with Crippen molar-refractivity contribution in [2.75, 3.05) is 13.1 Å². The topological polar surface area (TPSA) is 58.2 Å². The molecular weight excluding hydrogens is 399 g/mol. The monoisotopic (exact) mass is 414 g/mol. The molecule has 0 aliphatic rings. The van der Waals surface area contributed by atoms with Crippen LogP contribution >= 0.6 is 33.9 Å². The van der Waals surface area contributed by atoms with E-state index < -0.39 is 0 Å². The van der Waals surface area contributed by atoms with Crippen LogP contribution in [0.4, 0.5) is 0 Å². The minimum atomic E-state index is -0.228. The van der Waals surface area contributed by atoms with Crippen molar-refractivity contribution in [3.8, 4) is 0 Å². The summed E-state index contributed by atoms with van der Waals surface area (Å²) >= 11 is 3.77. The molecule has 0 unspecified atom stereocenters. The van der Waals surface area contributed by atoms with E-state index in [0.717, 1.165) is 9.99 Å². The lowest BCUT2D eigenvalue weighted by Gasteiger charge is -2.07. The number of thiophene rings is 1. The van der Waals surface area contributed by atoms with Crippen LogP contribution in [0.25, 0.3) is 0 Å². The fourth-order valence-corrected chi connectivity index (χ4v) is 3.08. The average Bonchev–Trinajstić information content (AvgIpc) is 2.98. The molecule has 1 aromatic carbocycles. The van der Waals surface area contributed by atoms with Gasteiger partial charge in [-0.15, -0.1) is 11.3 Å². The molecule has 0 fully saturated rings. The predicted octanol–water partition coefficient (Wildman–Crippen LogP) is 2.44. The molecule has 0 saturated heterocycles. The Morgan fingerprint density at radius 1 is 1.10 bits per heavy atom. The van der Waals surface area contributed by atoms with E-state index in [-0.39, 0.29) is 18.4 Å². The molecule has 2 aromatic rings. The van der Waals surface area contributed by atoms with Gasteiger partial charge in [0.05, 0.1) is 12.1 Å². The zero-order valence-electron chi connectivity index (χ0n) is 11.3. The van der Waals surface area contributed by atoms with Gasteiger partial charge in [0, 0.05) is 15.0 Å². The SMILES string of the molecule is O=C(CNC(=O)c1ccccc1I)NCCc1cccs1. The first-order chi connectivity index (χ1) is 10.2. The Kier molecular flexibility index (Phi) is 6.19. The van der Waals surface area contributed by atoms with E-state index >= 15 is 0 Å². The summed E-state index contributed by atoms with van der Waals surface area (Å²) in [6, 6.07) is 11.3. The van der Waals surface area contributed by atoms with Gasteiger partial charge in [-0.1, -0.05) is 18.2 Å². The highest BCUT2D eigenvalue weighted by Gasteiger charge is 2.10. The molecule has 2 amide bonds. The molecule has 6 heteroatoms. The fraction of sp³-hybridized carbons (Fsp3) is 0.200. The van der Waals surface area contributed by atoms with Crippen LogP contribution in [0.15, 0.2) is 41.8 Å². The summed E-state index contributed by atoms with van der Waals surface area (Å²) in [6.07, 6.45) is 0.813. The third kappa shape index (κ3) is 5.13. The van der Waals surface area contributed by atoms with Crippen molar-refractivity contribution < 1.29 is 9.59 Å². The smallest absolute Gasteiger partial charge is 0.252 e. The number of benzene rings is 1. The Balaban J connectivity index is 1.71. The van der Waals surface area contributed by atoms with Crippen LogP contribution in [0.5, 0.6) is 0 Å². The summed E-state index contributed by atoms with van der Waals surface area (Å²) in [6.45, 7) is 0.576. The first kappa shape index (κ1) is 16.0. The Hall–Kier alpha value is -1.41. The number of halogens is 1. The highest BCUT2D eigenvalue weighted by Crippen LogP contribution is 2.10. The zero-order valence-corrected chi connectivity index (χ0v) is 14.2. The molecule has 0 bridgehead atoms. The highest BCUT2D eigenvalue weighted by molar-refractivity contribution is 14.1. The van der Waals surface area contributed by atoms with Crippen molar-refractivity contribution in [3.63, 3.8) is 0 Å². The normalized spacial score (nSPS) is 10.1. The number of hydrogen-bond donors (Lipinski definition) is 2. The van der Waals surface area contributed by atoms with Crippen LogP contribution in [0.3, 0.4) is 0 Å². The third-order valence-electron chi connectivity index (χ3n) is 2.80. The Labute approximate surface area is 141 Å². The maximum atomic E-state index is 11.9. The average molecular weight is 414 g/mol. The van der Waals surface area contributed by atoms with Gasteiger partial charge in [0.1, 0.15) is 0 Å². The van der Waals surface area contributed by atoms with Gasteiger partial charge in [0.15, 0.2) is 0 Å². The van der Waals surface area contributed by atoms with Crippen molar-refractivity contribution in [2.24, 2.45) is 0 Å². The third-order valence-corrected chi connectivity index (χ3v) is 4.68. The predicted molar refractivity (Wildman–Crippen MR) is 92.5 cm³/mol. The second-order valence-corrected chi connectivity index (χ2v) is 6.54. The molecule has 0 atom stereocenters. The molecule has 21 heavy (non-hydrogen) atoms. The Morgan fingerprint density at radius 3 is 2.62 bits per heavy atom. The number of carbonyl (C=O) groups excluding carboxylic acids is 2. The summed E-state index contributed by atoms with van der Waals surface area (Å²) in [5.41, 5.74) is 0.587. The summed E-state index contributed by atoms with van der Waals surface area (Å²) < 4.78 is 0.866. The molecule has 0 saturated carbocycles. The van der Waals surface area contributed by atoms with Gasteiger partial charge in [-0.2, -0.15) is 0 Å². The first-order valence-electron chi connectivity index (χ1n) is 6.48. The van der Waals surface area contributed by atoms with Crippen LogP contribution in [0.1, 0.15) is 15.2 Å². The van der Waals surface area contributed by atoms with E-state index in [9.17, 15) is 9.59 Å². The second-order valence-electron chi connectivity index (χ2n) is 4.34. The summed E-state index contributed by atoms with van der Waals surface area (Å²) in [5.74, 6) is -0.403. The maximum absolute atomic E-state index is 11.9. The molecule has 110 valence electrons. The molecule has 1 aromatic heterocycles. The minimum absolute atomic E-state index is 0.00571. The Bertz CT molecular complexity index is 614. The van der Waals surface area contributed by atoms with E-state index in [1.54, 1.807) is 23.5 Å². The van der Waals surface area contributed by atoms with Crippen molar-refractivity contribution >= 4 is 45.7 Å². The lowest BCUT2D eigenvalue weighted by Crippen LogP contribution is -2.37. The van der Waals surface area contributed by atoms with Crippen LogP contribution in [-0.4, -0.2) is 24.9 Å². The number of amides is 2. The lowest BCUT2D eigenvalue weighted by molar-refractivity contribution is -0.120. The van der Waals surface area contributed by atoms with Crippen LogP contribution in [0, 0.1) is 3.57 Å². The molecular formula is C15H15IN2O2S. The quantitative estimate of drug-likeness (QED) is 0.714. The van der Waals surface area contributed by atoms with Gasteiger partial charge in [0.25, 0.3) is 5.91 Å². The molecule has 4 nitrogen and oxygen atoms in total. The van der Waals surface area contributed by atoms with E-state index in [4.69, 9.17) is 0 Å². The van der Waals surface area contributed by atoms with Crippen LogP contribution in [0.2, 0.25) is 0 Å². The fourth-order valence-electron chi connectivity index (χ4n) is 1.74. The molecule has 0 spiro atoms.